The second-order valence-corrected chi connectivity index (χ2v) is 9.93. The van der Waals surface area contributed by atoms with Crippen molar-refractivity contribution in [3.8, 4) is 11.5 Å². The van der Waals surface area contributed by atoms with E-state index in [-0.39, 0.29) is 12.2 Å². The van der Waals surface area contributed by atoms with E-state index in [9.17, 15) is 20.1 Å². The van der Waals surface area contributed by atoms with Gasteiger partial charge in [0.1, 0.15) is 11.5 Å². The molecule has 0 radical (unpaired) electrons. The molecule has 0 aliphatic rings. The minimum atomic E-state index is -1.26. The molecule has 1 aromatic rings. The highest BCUT2D eigenvalue weighted by molar-refractivity contribution is 5.91. The quantitative estimate of drug-likeness (QED) is 0.251. The van der Waals surface area contributed by atoms with Gasteiger partial charge in [-0.2, -0.15) is 0 Å². The van der Waals surface area contributed by atoms with E-state index in [4.69, 9.17) is 9.47 Å². The number of aryl methyl sites for hydroxylation is 1. The van der Waals surface area contributed by atoms with Crippen molar-refractivity contribution in [3.63, 3.8) is 0 Å². The number of allylic oxidation sites excluding steroid dienone is 5. The molecule has 0 fully saturated rings. The van der Waals surface area contributed by atoms with Crippen LogP contribution in [0.15, 0.2) is 47.1 Å². The van der Waals surface area contributed by atoms with E-state index in [1.807, 2.05) is 45.1 Å². The summed E-state index contributed by atoms with van der Waals surface area (Å²) in [5.41, 5.74) is 3.48. The highest BCUT2D eigenvalue weighted by atomic mass is 16.5. The molecule has 0 saturated heterocycles. The first-order chi connectivity index (χ1) is 16.3. The first-order valence-electron chi connectivity index (χ1n) is 12.1. The maximum absolute atomic E-state index is 12.5. The number of hydrogen-bond acceptors (Lipinski definition) is 6. The van der Waals surface area contributed by atoms with Crippen molar-refractivity contribution in [2.45, 2.75) is 91.5 Å². The second-order valence-electron chi connectivity index (χ2n) is 9.93. The van der Waals surface area contributed by atoms with Gasteiger partial charge in [-0.1, -0.05) is 23.3 Å². The lowest BCUT2D eigenvalue weighted by molar-refractivity contribution is -0.114. The van der Waals surface area contributed by atoms with Crippen LogP contribution in [0.2, 0.25) is 0 Å². The van der Waals surface area contributed by atoms with Gasteiger partial charge in [0.05, 0.1) is 32.0 Å². The Balaban J connectivity index is 2.64. The maximum atomic E-state index is 12.5. The molecule has 2 atom stereocenters. The van der Waals surface area contributed by atoms with Gasteiger partial charge in [-0.3, -0.25) is 4.79 Å². The van der Waals surface area contributed by atoms with Crippen molar-refractivity contribution < 1.29 is 29.6 Å². The number of rotatable bonds is 14. The second kappa shape index (κ2) is 14.2. The first kappa shape index (κ1) is 30.6. The van der Waals surface area contributed by atoms with Gasteiger partial charge in [0.2, 0.25) is 0 Å². The topological polar surface area (TPSA) is 96.2 Å². The van der Waals surface area contributed by atoms with Gasteiger partial charge in [-0.05, 0) is 90.2 Å². The van der Waals surface area contributed by atoms with Crippen LogP contribution in [0.25, 0.3) is 0 Å². The van der Waals surface area contributed by atoms with Crippen LogP contribution in [-0.2, 0) is 11.2 Å². The van der Waals surface area contributed by atoms with E-state index >= 15 is 0 Å². The Kier molecular flexibility index (Phi) is 12.4. The summed E-state index contributed by atoms with van der Waals surface area (Å²) in [6, 6.07) is 3.89. The number of methoxy groups -OCH3 is 2. The Morgan fingerprint density at radius 3 is 2.29 bits per heavy atom. The molecule has 0 spiro atoms. The highest BCUT2D eigenvalue weighted by Crippen LogP contribution is 2.29. The molecule has 0 saturated carbocycles. The number of hydrogen-bond donors (Lipinski definition) is 3. The lowest BCUT2D eigenvalue weighted by Crippen LogP contribution is -2.38. The fourth-order valence-electron chi connectivity index (χ4n) is 3.75. The Morgan fingerprint density at radius 1 is 1.06 bits per heavy atom. The zero-order valence-corrected chi connectivity index (χ0v) is 22.6. The summed E-state index contributed by atoms with van der Waals surface area (Å²) >= 11 is 0. The number of carbonyl (C=O) groups is 1. The smallest absolute Gasteiger partial charge is 0.159 e. The number of benzene rings is 1. The average molecular weight is 489 g/mol. The lowest BCUT2D eigenvalue weighted by atomic mass is 9.93. The molecule has 0 aromatic heterocycles. The molecule has 0 aliphatic heterocycles. The van der Waals surface area contributed by atoms with Crippen LogP contribution in [0.3, 0.4) is 0 Å². The Bertz CT molecular complexity index is 933. The normalized spacial score (nSPS) is 15.1. The highest BCUT2D eigenvalue weighted by Gasteiger charge is 2.27. The van der Waals surface area contributed by atoms with Gasteiger partial charge in [0.25, 0.3) is 0 Å². The van der Waals surface area contributed by atoms with Crippen LogP contribution < -0.4 is 9.47 Å². The van der Waals surface area contributed by atoms with Gasteiger partial charge in [0, 0.05) is 18.4 Å². The minimum Gasteiger partial charge on any atom is -0.497 e. The summed E-state index contributed by atoms with van der Waals surface area (Å²) < 4.78 is 10.9. The molecule has 0 unspecified atom stereocenters. The third-order valence-electron chi connectivity index (χ3n) is 6.09. The van der Waals surface area contributed by atoms with Crippen LogP contribution in [0, 0.1) is 6.92 Å². The first-order valence-corrected chi connectivity index (χ1v) is 12.1. The average Bonchev–Trinajstić information content (AvgIpc) is 2.76. The van der Waals surface area contributed by atoms with Gasteiger partial charge >= 0.3 is 0 Å². The molecule has 0 amide bonds. The minimum absolute atomic E-state index is 0.0547. The number of aliphatic hydroxyl groups is 3. The van der Waals surface area contributed by atoms with Crippen molar-refractivity contribution in [1.29, 1.82) is 0 Å². The van der Waals surface area contributed by atoms with Gasteiger partial charge in [0.15, 0.2) is 5.78 Å². The zero-order chi connectivity index (χ0) is 26.8. The van der Waals surface area contributed by atoms with E-state index in [2.05, 4.69) is 0 Å². The number of ketones is 1. The summed E-state index contributed by atoms with van der Waals surface area (Å²) in [5, 5.41) is 30.0. The van der Waals surface area contributed by atoms with Crippen LogP contribution in [-0.4, -0.2) is 53.1 Å². The number of ether oxygens (including phenoxy) is 2. The van der Waals surface area contributed by atoms with E-state index in [1.165, 1.54) is 13.8 Å². The largest absolute Gasteiger partial charge is 0.497 e. The summed E-state index contributed by atoms with van der Waals surface area (Å²) in [6.45, 7) is 10.7. The lowest BCUT2D eigenvalue weighted by Gasteiger charge is -2.26. The third kappa shape index (κ3) is 10.8. The monoisotopic (exact) mass is 488 g/mol. The Labute approximate surface area is 211 Å². The molecule has 196 valence electrons. The molecule has 3 N–H and O–H groups in total. The molecule has 35 heavy (non-hydrogen) atoms. The summed E-state index contributed by atoms with van der Waals surface area (Å²) in [7, 11) is 3.30. The molecule has 1 rings (SSSR count). The molecular weight excluding hydrogens is 444 g/mol. The van der Waals surface area contributed by atoms with Crippen molar-refractivity contribution in [3.05, 3.63) is 58.2 Å². The van der Waals surface area contributed by atoms with E-state index < -0.39 is 17.8 Å². The van der Waals surface area contributed by atoms with Crippen LogP contribution >= 0.6 is 0 Å². The molecular formula is C29H44O6. The third-order valence-corrected chi connectivity index (χ3v) is 6.09. The van der Waals surface area contributed by atoms with Gasteiger partial charge in [-0.25, -0.2) is 0 Å². The van der Waals surface area contributed by atoms with Gasteiger partial charge < -0.3 is 24.8 Å². The Hall–Kier alpha value is -2.41. The Morgan fingerprint density at radius 2 is 1.71 bits per heavy atom. The fourth-order valence-corrected chi connectivity index (χ4v) is 3.75. The molecule has 0 bridgehead atoms. The van der Waals surface area contributed by atoms with E-state index in [1.54, 1.807) is 27.2 Å². The summed E-state index contributed by atoms with van der Waals surface area (Å²) in [4.78, 5) is 12.5. The van der Waals surface area contributed by atoms with Crippen LogP contribution in [0.1, 0.15) is 71.4 Å². The standard InChI is InChI=1S/C29H44O6/c1-19(10-9-11-21(3)26(31)18-27(32)29(5,6)33)14-24(30)15-20(2)12-13-23-17-25(34-7)16-22(4)28(23)35-8/h11-12,14,16-17,26-27,31-33H,9-10,13,15,18H2,1-8H3/b19-14+,20-12+,21-11+/t26-,27-/m0/s1. The summed E-state index contributed by atoms with van der Waals surface area (Å²) in [6.07, 6.45) is 6.28. The number of aliphatic hydroxyl groups excluding tert-OH is 2. The van der Waals surface area contributed by atoms with E-state index in [0.29, 0.717) is 25.7 Å². The maximum Gasteiger partial charge on any atom is 0.159 e. The predicted octanol–water partition coefficient (Wildman–Crippen LogP) is 5.02. The molecule has 1 aromatic carbocycles. The van der Waals surface area contributed by atoms with Crippen LogP contribution in [0.5, 0.6) is 11.5 Å². The van der Waals surface area contributed by atoms with Crippen molar-refractivity contribution in [2.75, 3.05) is 14.2 Å². The SMILES string of the molecule is COc1cc(C)c(OC)c(C/C=C(\C)CC(=O)/C=C(\C)CC/C=C(\C)[C@@H](O)C[C@H](O)C(C)(C)O)c1. The molecule has 6 heteroatoms. The van der Waals surface area contributed by atoms with Crippen molar-refractivity contribution in [1.82, 2.24) is 0 Å². The zero-order valence-electron chi connectivity index (χ0n) is 22.6. The fraction of sp³-hybridized carbons (Fsp3) is 0.552. The van der Waals surface area contributed by atoms with Gasteiger partial charge in [-0.15, -0.1) is 0 Å². The van der Waals surface area contributed by atoms with Crippen LogP contribution in [0.4, 0.5) is 0 Å². The van der Waals surface area contributed by atoms with E-state index in [0.717, 1.165) is 39.3 Å². The number of carbonyl (C=O) groups excluding carboxylic acids is 1. The summed E-state index contributed by atoms with van der Waals surface area (Å²) in [5.74, 6) is 1.67. The molecule has 0 aliphatic carbocycles. The predicted molar refractivity (Wildman–Crippen MR) is 141 cm³/mol. The van der Waals surface area contributed by atoms with Crippen molar-refractivity contribution in [2.24, 2.45) is 0 Å². The molecule has 6 nitrogen and oxygen atoms in total. The van der Waals surface area contributed by atoms with Crippen molar-refractivity contribution >= 4 is 5.78 Å². The molecule has 0 heterocycles.